The van der Waals surface area contributed by atoms with Gasteiger partial charge in [-0.1, -0.05) is 54.4 Å². The summed E-state index contributed by atoms with van der Waals surface area (Å²) in [4.78, 5) is 0. The van der Waals surface area contributed by atoms with Crippen LogP contribution in [-0.2, 0) is 0 Å². The number of hydrogen-bond acceptors (Lipinski definition) is 0. The zero-order chi connectivity index (χ0) is 10.3. The second-order valence-electron chi connectivity index (χ2n) is 4.53. The van der Waals surface area contributed by atoms with Gasteiger partial charge in [-0.2, -0.15) is 0 Å². The van der Waals surface area contributed by atoms with Gasteiger partial charge in [-0.05, 0) is 18.3 Å². The molecule has 0 heterocycles. The van der Waals surface area contributed by atoms with Crippen molar-refractivity contribution < 1.29 is 0 Å². The Bertz CT molecular complexity index is 398. The molecule has 1 heteroatoms. The molecule has 3 rings (SSSR count). The van der Waals surface area contributed by atoms with Crippen LogP contribution in [-0.4, -0.2) is 12.0 Å². The van der Waals surface area contributed by atoms with Crippen molar-refractivity contribution in [2.75, 3.05) is 0 Å². The predicted molar refractivity (Wildman–Crippen MR) is 68.4 cm³/mol. The summed E-state index contributed by atoms with van der Waals surface area (Å²) >= 11 is 0. The Kier molecular flexibility index (Phi) is 2.25. The molecular formula is C14H15P. The Morgan fingerprint density at radius 1 is 1.13 bits per heavy atom. The van der Waals surface area contributed by atoms with Gasteiger partial charge in [0.05, 0.1) is 0 Å². The fourth-order valence-electron chi connectivity index (χ4n) is 2.68. The molecule has 0 spiro atoms. The average Bonchev–Trinajstić information content (AvgIpc) is 3.07. The summed E-state index contributed by atoms with van der Waals surface area (Å²) in [5.41, 5.74) is 2.23. The van der Waals surface area contributed by atoms with E-state index >= 15 is 0 Å². The molecule has 0 radical (unpaired) electrons. The lowest BCUT2D eigenvalue weighted by Gasteiger charge is -2.24. The van der Waals surface area contributed by atoms with Crippen LogP contribution in [0.5, 0.6) is 0 Å². The molecule has 1 fully saturated rings. The molecule has 15 heavy (non-hydrogen) atoms. The van der Waals surface area contributed by atoms with Crippen molar-refractivity contribution in [3.05, 3.63) is 48.1 Å². The summed E-state index contributed by atoms with van der Waals surface area (Å²) in [6.45, 7) is 0. The first kappa shape index (κ1) is 9.36. The standard InChI is InChI=1S/C14H15P/c1-15-14-8-3-2-6-12(14)11-7-4-5-10-9-13(10)11/h2-8,10,12-14H,1,9H2. The highest BCUT2D eigenvalue weighted by atomic mass is 31.1. The van der Waals surface area contributed by atoms with Crippen LogP contribution in [0.15, 0.2) is 48.1 Å². The molecular weight excluding hydrogens is 199 g/mol. The minimum absolute atomic E-state index is 0.592. The highest BCUT2D eigenvalue weighted by Gasteiger charge is 2.42. The van der Waals surface area contributed by atoms with Crippen LogP contribution in [0, 0.1) is 17.8 Å². The third-order valence-electron chi connectivity index (χ3n) is 3.62. The molecule has 0 N–H and O–H groups in total. The molecule has 4 atom stereocenters. The van der Waals surface area contributed by atoms with Crippen molar-refractivity contribution in [2.45, 2.75) is 12.1 Å². The maximum atomic E-state index is 4.03. The molecule has 0 nitrogen and oxygen atoms in total. The lowest BCUT2D eigenvalue weighted by atomic mass is 9.86. The zero-order valence-corrected chi connectivity index (χ0v) is 9.61. The van der Waals surface area contributed by atoms with Gasteiger partial charge in [0, 0.05) is 11.6 Å². The monoisotopic (exact) mass is 214 g/mol. The van der Waals surface area contributed by atoms with E-state index in [0.717, 1.165) is 11.8 Å². The van der Waals surface area contributed by atoms with Crippen LogP contribution in [0.3, 0.4) is 0 Å². The SMILES string of the molecule is C=PC1C=CC=CC1C1=CC=CC2CC12. The molecule has 0 aromatic rings. The highest BCUT2D eigenvalue weighted by molar-refractivity contribution is 7.37. The maximum absolute atomic E-state index is 4.03. The molecule has 1 saturated carbocycles. The van der Waals surface area contributed by atoms with Gasteiger partial charge < -0.3 is 0 Å². The Morgan fingerprint density at radius 3 is 2.87 bits per heavy atom. The third kappa shape index (κ3) is 1.58. The van der Waals surface area contributed by atoms with Crippen molar-refractivity contribution in [3.8, 4) is 0 Å². The summed E-state index contributed by atoms with van der Waals surface area (Å²) in [5.74, 6) is 2.31. The van der Waals surface area contributed by atoms with Gasteiger partial charge in [0.25, 0.3) is 0 Å². The topological polar surface area (TPSA) is 0 Å². The van der Waals surface area contributed by atoms with E-state index in [9.17, 15) is 0 Å². The molecule has 0 aliphatic heterocycles. The minimum atomic E-state index is 0.592. The highest BCUT2D eigenvalue weighted by Crippen LogP contribution is 2.51. The van der Waals surface area contributed by atoms with Gasteiger partial charge in [-0.15, -0.1) is 8.20 Å². The van der Waals surface area contributed by atoms with Crippen LogP contribution in [0.1, 0.15) is 6.42 Å². The lowest BCUT2D eigenvalue weighted by Crippen LogP contribution is -2.17. The second kappa shape index (κ2) is 3.61. The normalized spacial score (nSPS) is 41.5. The van der Waals surface area contributed by atoms with Crippen molar-refractivity contribution >= 4 is 14.5 Å². The molecule has 0 amide bonds. The van der Waals surface area contributed by atoms with Gasteiger partial charge in [0.1, 0.15) is 0 Å². The van der Waals surface area contributed by atoms with Gasteiger partial charge >= 0.3 is 0 Å². The predicted octanol–water partition coefficient (Wildman–Crippen LogP) is 3.61. The average molecular weight is 214 g/mol. The molecule has 4 unspecified atom stereocenters. The van der Waals surface area contributed by atoms with E-state index in [1.807, 2.05) is 0 Å². The Balaban J connectivity index is 1.89. The first-order chi connectivity index (χ1) is 7.40. The van der Waals surface area contributed by atoms with Crippen LogP contribution in [0.2, 0.25) is 0 Å². The van der Waals surface area contributed by atoms with Crippen molar-refractivity contribution in [3.63, 3.8) is 0 Å². The van der Waals surface area contributed by atoms with E-state index < -0.39 is 0 Å². The minimum Gasteiger partial charge on any atom is -0.104 e. The van der Waals surface area contributed by atoms with E-state index in [2.05, 4.69) is 48.8 Å². The van der Waals surface area contributed by atoms with Crippen molar-refractivity contribution in [1.82, 2.24) is 0 Å². The number of hydrogen-bond donors (Lipinski definition) is 0. The van der Waals surface area contributed by atoms with E-state index in [4.69, 9.17) is 0 Å². The van der Waals surface area contributed by atoms with Gasteiger partial charge in [-0.25, -0.2) is 0 Å². The Hall–Kier alpha value is -0.870. The molecule has 76 valence electrons. The first-order valence-electron chi connectivity index (χ1n) is 5.59. The Labute approximate surface area is 92.9 Å². The van der Waals surface area contributed by atoms with Gasteiger partial charge in [0.2, 0.25) is 0 Å². The fraction of sp³-hybridized carbons (Fsp3) is 0.357. The quantitative estimate of drug-likeness (QED) is 0.616. The molecule has 0 bridgehead atoms. The molecule has 0 saturated heterocycles. The number of fused-ring (bicyclic) bond motifs is 1. The lowest BCUT2D eigenvalue weighted by molar-refractivity contribution is 0.699. The van der Waals surface area contributed by atoms with E-state index in [1.54, 1.807) is 5.57 Å². The van der Waals surface area contributed by atoms with Crippen molar-refractivity contribution in [1.29, 1.82) is 0 Å². The smallest absolute Gasteiger partial charge is 0.0286 e. The zero-order valence-electron chi connectivity index (χ0n) is 8.71. The first-order valence-corrected chi connectivity index (χ1v) is 6.74. The van der Waals surface area contributed by atoms with Crippen LogP contribution >= 0.6 is 8.20 Å². The summed E-state index contributed by atoms with van der Waals surface area (Å²) in [6, 6.07) is 0. The molecule has 3 aliphatic rings. The Morgan fingerprint density at radius 2 is 2.00 bits per heavy atom. The molecule has 0 aromatic heterocycles. The summed E-state index contributed by atoms with van der Waals surface area (Å²) in [5, 5.41) is 0. The molecule has 0 aromatic carbocycles. The van der Waals surface area contributed by atoms with E-state index in [-0.39, 0.29) is 0 Å². The largest absolute Gasteiger partial charge is 0.104 e. The van der Waals surface area contributed by atoms with Crippen LogP contribution < -0.4 is 0 Å². The van der Waals surface area contributed by atoms with Crippen LogP contribution in [0.25, 0.3) is 0 Å². The number of allylic oxidation sites excluding steroid dienone is 8. The second-order valence-corrected chi connectivity index (χ2v) is 5.49. The fourth-order valence-corrected chi connectivity index (χ4v) is 3.40. The summed E-state index contributed by atoms with van der Waals surface area (Å²) in [6.07, 6.45) is 21.3. The summed E-state index contributed by atoms with van der Waals surface area (Å²) in [7, 11) is 1.24. The van der Waals surface area contributed by atoms with Crippen molar-refractivity contribution in [2.24, 2.45) is 17.8 Å². The third-order valence-corrected chi connectivity index (χ3v) is 4.53. The summed E-state index contributed by atoms with van der Waals surface area (Å²) < 4.78 is 0. The van der Waals surface area contributed by atoms with Gasteiger partial charge in [0.15, 0.2) is 0 Å². The van der Waals surface area contributed by atoms with E-state index in [1.165, 1.54) is 14.6 Å². The molecule has 3 aliphatic carbocycles. The van der Waals surface area contributed by atoms with E-state index in [0.29, 0.717) is 11.6 Å². The van der Waals surface area contributed by atoms with Gasteiger partial charge in [-0.3, -0.25) is 0 Å². The van der Waals surface area contributed by atoms with Crippen LogP contribution in [0.4, 0.5) is 0 Å². The number of rotatable bonds is 2. The maximum Gasteiger partial charge on any atom is 0.0286 e.